The molecule has 5 nitrogen and oxygen atoms in total. The molecule has 204 valence electrons. The van der Waals surface area contributed by atoms with E-state index in [1.807, 2.05) is 67.9 Å². The van der Waals surface area contributed by atoms with Gasteiger partial charge in [-0.3, -0.25) is 4.79 Å². The minimum Gasteiger partial charge on any atom is -0.393 e. The van der Waals surface area contributed by atoms with Gasteiger partial charge < -0.3 is 15.0 Å². The Morgan fingerprint density at radius 2 is 1.72 bits per heavy atom. The van der Waals surface area contributed by atoms with Gasteiger partial charge in [-0.25, -0.2) is 9.37 Å². The molecule has 4 aromatic rings. The first-order valence-corrected chi connectivity index (χ1v) is 12.8. The van der Waals surface area contributed by atoms with E-state index in [0.29, 0.717) is 12.5 Å². The van der Waals surface area contributed by atoms with Crippen LogP contribution in [0.4, 0.5) is 23.2 Å². The number of aromatic nitrogens is 2. The lowest BCUT2D eigenvalue weighted by Gasteiger charge is -2.38. The monoisotopic (exact) mass is 539 g/mol. The minimum absolute atomic E-state index is 0.128. The molecule has 1 aliphatic carbocycles. The van der Waals surface area contributed by atoms with Gasteiger partial charge in [0, 0.05) is 13.0 Å². The average molecular weight is 540 g/mol. The number of imidazole rings is 1. The zero-order valence-corrected chi connectivity index (χ0v) is 21.8. The third kappa shape index (κ3) is 5.28. The fourth-order valence-electron chi connectivity index (χ4n) is 5.62. The summed E-state index contributed by atoms with van der Waals surface area (Å²) in [6.07, 6.45) is -4.77. The van der Waals surface area contributed by atoms with Crippen molar-refractivity contribution in [3.05, 3.63) is 83.4 Å². The highest BCUT2D eigenvalue weighted by atomic mass is 19.4. The third-order valence-electron chi connectivity index (χ3n) is 7.99. The van der Waals surface area contributed by atoms with Gasteiger partial charge in [0.2, 0.25) is 5.91 Å². The van der Waals surface area contributed by atoms with Gasteiger partial charge in [-0.05, 0) is 78.6 Å². The molecule has 2 N–H and O–H groups in total. The van der Waals surface area contributed by atoms with Crippen molar-refractivity contribution in [2.75, 3.05) is 5.32 Å². The van der Waals surface area contributed by atoms with E-state index < -0.39 is 35.5 Å². The highest BCUT2D eigenvalue weighted by molar-refractivity contribution is 5.93. The number of anilines is 1. The van der Waals surface area contributed by atoms with Crippen LogP contribution in [-0.2, 0) is 18.0 Å². The molecule has 0 spiro atoms. The molecule has 4 atom stereocenters. The van der Waals surface area contributed by atoms with Gasteiger partial charge >= 0.3 is 6.18 Å². The zero-order chi connectivity index (χ0) is 28.1. The Kier molecular flexibility index (Phi) is 6.97. The maximum atomic E-state index is 14.3. The van der Waals surface area contributed by atoms with Crippen molar-refractivity contribution in [1.29, 1.82) is 0 Å². The molecule has 1 aromatic heterocycles. The van der Waals surface area contributed by atoms with Crippen LogP contribution in [0.1, 0.15) is 42.6 Å². The molecule has 3 unspecified atom stereocenters. The molecule has 1 saturated carbocycles. The summed E-state index contributed by atoms with van der Waals surface area (Å²) in [5, 5.41) is 13.0. The van der Waals surface area contributed by atoms with Crippen molar-refractivity contribution in [1.82, 2.24) is 9.55 Å². The third-order valence-corrected chi connectivity index (χ3v) is 7.99. The van der Waals surface area contributed by atoms with Crippen LogP contribution in [0.5, 0.6) is 0 Å². The van der Waals surface area contributed by atoms with Crippen molar-refractivity contribution in [3.63, 3.8) is 0 Å². The van der Waals surface area contributed by atoms with E-state index in [4.69, 9.17) is 0 Å². The number of hydrogen-bond donors (Lipinski definition) is 2. The number of nitrogens with zero attached hydrogens (tertiary/aromatic N) is 2. The van der Waals surface area contributed by atoms with Crippen LogP contribution in [0, 0.1) is 24.6 Å². The van der Waals surface area contributed by atoms with Gasteiger partial charge in [0.15, 0.2) is 0 Å². The summed E-state index contributed by atoms with van der Waals surface area (Å²) in [4.78, 5) is 17.7. The Balaban J connectivity index is 1.33. The van der Waals surface area contributed by atoms with Gasteiger partial charge in [0.1, 0.15) is 11.6 Å². The number of rotatable bonds is 4. The molecule has 5 rings (SSSR count). The predicted octanol–water partition coefficient (Wildman–Crippen LogP) is 6.84. The molecule has 0 bridgehead atoms. The number of amides is 1. The smallest absolute Gasteiger partial charge is 0.393 e. The standard InChI is InChI=1S/C30H29F4N3O2/c1-16-23(19-6-4-18(5-7-19)20-8-11-28-27(12-20)35-17(2)37(28)3)14-22(38)15-24(16)29(39)36-26-10-9-21(13-25(26)31)30(32,33)34/h4-13,16,22-24,38H,14-15H2,1-3H3,(H,36,39)/t16-,22?,23?,24?/m1/s1. The number of hydrogen-bond acceptors (Lipinski definition) is 3. The van der Waals surface area contributed by atoms with Crippen molar-refractivity contribution in [3.8, 4) is 11.1 Å². The maximum Gasteiger partial charge on any atom is 0.416 e. The molecule has 9 heteroatoms. The predicted molar refractivity (Wildman–Crippen MR) is 142 cm³/mol. The molecule has 1 heterocycles. The summed E-state index contributed by atoms with van der Waals surface area (Å²) in [7, 11) is 1.98. The lowest BCUT2D eigenvalue weighted by Crippen LogP contribution is -2.39. The summed E-state index contributed by atoms with van der Waals surface area (Å²) in [5.74, 6) is -1.72. The second-order valence-corrected chi connectivity index (χ2v) is 10.4. The first-order chi connectivity index (χ1) is 18.4. The highest BCUT2D eigenvalue weighted by Crippen LogP contribution is 2.42. The van der Waals surface area contributed by atoms with Gasteiger partial charge in [-0.2, -0.15) is 13.2 Å². The second kappa shape index (κ2) is 10.1. The summed E-state index contributed by atoms with van der Waals surface area (Å²) in [5.41, 5.74) is 3.54. The average Bonchev–Trinajstić information content (AvgIpc) is 3.18. The van der Waals surface area contributed by atoms with Crippen LogP contribution in [0.2, 0.25) is 0 Å². The van der Waals surface area contributed by atoms with Crippen LogP contribution in [0.25, 0.3) is 22.2 Å². The first kappa shape index (κ1) is 26.9. The topological polar surface area (TPSA) is 67.2 Å². The first-order valence-electron chi connectivity index (χ1n) is 12.8. The molecule has 0 radical (unpaired) electrons. The van der Waals surface area contributed by atoms with E-state index in [2.05, 4.69) is 10.3 Å². The number of alkyl halides is 3. The number of carbonyl (C=O) groups excluding carboxylic acids is 1. The van der Waals surface area contributed by atoms with E-state index in [0.717, 1.165) is 45.7 Å². The Hall–Kier alpha value is -3.72. The summed E-state index contributed by atoms with van der Waals surface area (Å²) < 4.78 is 55.0. The van der Waals surface area contributed by atoms with Gasteiger partial charge in [-0.15, -0.1) is 0 Å². The number of fused-ring (bicyclic) bond motifs is 1. The molecular formula is C30H29F4N3O2. The molecule has 1 aliphatic rings. The van der Waals surface area contributed by atoms with Crippen molar-refractivity contribution < 1.29 is 27.5 Å². The zero-order valence-electron chi connectivity index (χ0n) is 21.8. The lowest BCUT2D eigenvalue weighted by atomic mass is 9.68. The highest BCUT2D eigenvalue weighted by Gasteiger charge is 2.39. The Morgan fingerprint density at radius 1 is 1.03 bits per heavy atom. The number of aliphatic hydroxyl groups is 1. The number of aryl methyl sites for hydroxylation is 2. The van der Waals surface area contributed by atoms with Crippen LogP contribution < -0.4 is 5.32 Å². The number of aliphatic hydroxyl groups excluding tert-OH is 1. The summed E-state index contributed by atoms with van der Waals surface area (Å²) in [6.45, 7) is 3.87. The van der Waals surface area contributed by atoms with Crippen molar-refractivity contribution in [2.24, 2.45) is 18.9 Å². The van der Waals surface area contributed by atoms with Gasteiger partial charge in [0.05, 0.1) is 28.4 Å². The SMILES string of the molecule is Cc1nc2cc(-c3ccc(C4CC(O)CC(C(=O)Nc5ccc(C(F)(F)F)cc5F)[C@@H]4C)cc3)ccc2n1C. The Morgan fingerprint density at radius 3 is 2.38 bits per heavy atom. The van der Waals surface area contributed by atoms with E-state index in [9.17, 15) is 27.5 Å². The van der Waals surface area contributed by atoms with E-state index in [1.54, 1.807) is 0 Å². The largest absolute Gasteiger partial charge is 0.416 e. The van der Waals surface area contributed by atoms with Crippen molar-refractivity contribution in [2.45, 2.75) is 44.9 Å². The van der Waals surface area contributed by atoms with Crippen LogP contribution in [0.3, 0.4) is 0 Å². The van der Waals surface area contributed by atoms with E-state index in [1.165, 1.54) is 0 Å². The minimum atomic E-state index is -4.68. The van der Waals surface area contributed by atoms with Crippen LogP contribution >= 0.6 is 0 Å². The normalized spacial score (nSPS) is 21.7. The lowest BCUT2D eigenvalue weighted by molar-refractivity contribution is -0.137. The molecule has 3 aromatic carbocycles. The molecule has 39 heavy (non-hydrogen) atoms. The van der Waals surface area contributed by atoms with Crippen LogP contribution in [0.15, 0.2) is 60.7 Å². The number of halogens is 4. The van der Waals surface area contributed by atoms with Crippen LogP contribution in [-0.4, -0.2) is 26.7 Å². The fourth-order valence-corrected chi connectivity index (χ4v) is 5.62. The van der Waals surface area contributed by atoms with Crippen molar-refractivity contribution >= 4 is 22.6 Å². The van der Waals surface area contributed by atoms with E-state index in [-0.39, 0.29) is 23.9 Å². The number of nitrogens with one attached hydrogen (secondary N) is 1. The van der Waals surface area contributed by atoms with E-state index >= 15 is 0 Å². The van der Waals surface area contributed by atoms with Gasteiger partial charge in [-0.1, -0.05) is 37.3 Å². The molecular weight excluding hydrogens is 510 g/mol. The summed E-state index contributed by atoms with van der Waals surface area (Å²) >= 11 is 0. The fraction of sp³-hybridized carbons (Fsp3) is 0.333. The quantitative estimate of drug-likeness (QED) is 0.279. The second-order valence-electron chi connectivity index (χ2n) is 10.4. The molecule has 0 aliphatic heterocycles. The molecule has 0 saturated heterocycles. The van der Waals surface area contributed by atoms with Gasteiger partial charge in [0.25, 0.3) is 0 Å². The Bertz CT molecular complexity index is 1530. The Labute approximate surface area is 223 Å². The molecule has 1 fully saturated rings. The summed E-state index contributed by atoms with van der Waals surface area (Å²) in [6, 6.07) is 16.2. The maximum absolute atomic E-state index is 14.3. The number of benzene rings is 3. The number of carbonyl (C=O) groups is 1. The molecule has 1 amide bonds.